The second kappa shape index (κ2) is 7.43. The van der Waals surface area contributed by atoms with Gasteiger partial charge in [-0.2, -0.15) is 0 Å². The lowest BCUT2D eigenvalue weighted by Crippen LogP contribution is -2.34. The van der Waals surface area contributed by atoms with E-state index in [2.05, 4.69) is 6.58 Å². The molecule has 3 nitrogen and oxygen atoms in total. The van der Waals surface area contributed by atoms with Gasteiger partial charge in [-0.05, 0) is 49.6 Å². The summed E-state index contributed by atoms with van der Waals surface area (Å²) in [6.45, 7) is 7.65. The predicted molar refractivity (Wildman–Crippen MR) is 106 cm³/mol. The minimum atomic E-state index is -0.955. The van der Waals surface area contributed by atoms with E-state index < -0.39 is 6.23 Å². The van der Waals surface area contributed by atoms with E-state index in [-0.39, 0.29) is 17.9 Å². The molecule has 0 saturated carbocycles. The highest BCUT2D eigenvalue weighted by Gasteiger charge is 2.39. The van der Waals surface area contributed by atoms with Crippen molar-refractivity contribution in [3.8, 4) is 0 Å². The van der Waals surface area contributed by atoms with E-state index in [0.29, 0.717) is 27.6 Å². The summed E-state index contributed by atoms with van der Waals surface area (Å²) in [5.41, 5.74) is 3.10. The zero-order chi connectivity index (χ0) is 19.0. The first kappa shape index (κ1) is 19.0. The zero-order valence-electron chi connectivity index (χ0n) is 14.7. The van der Waals surface area contributed by atoms with Crippen molar-refractivity contribution in [3.05, 3.63) is 81.4 Å². The molecule has 1 aliphatic rings. The lowest BCUT2D eigenvalue weighted by atomic mass is 9.84. The largest absolute Gasteiger partial charge is 0.369 e. The van der Waals surface area contributed by atoms with Gasteiger partial charge in [-0.15, -0.1) is 6.58 Å². The Bertz CT molecular complexity index is 863. The van der Waals surface area contributed by atoms with Crippen molar-refractivity contribution in [1.82, 2.24) is 4.90 Å². The molecular formula is C21H21Cl2NO2. The minimum Gasteiger partial charge on any atom is -0.369 e. The van der Waals surface area contributed by atoms with Gasteiger partial charge in [0, 0.05) is 23.1 Å². The van der Waals surface area contributed by atoms with Crippen molar-refractivity contribution < 1.29 is 9.90 Å². The third-order valence-electron chi connectivity index (χ3n) is 4.81. The van der Waals surface area contributed by atoms with Crippen molar-refractivity contribution in [1.29, 1.82) is 0 Å². The first-order valence-corrected chi connectivity index (χ1v) is 9.31. The van der Waals surface area contributed by atoms with E-state index >= 15 is 0 Å². The summed E-state index contributed by atoms with van der Waals surface area (Å²) < 4.78 is 0. The number of nitrogens with zero attached hydrogens (tertiary/aromatic N) is 1. The normalized spacial score (nSPS) is 17.5. The standard InChI is InChI=1S/C21H21Cl2NO2/c1-4-6-14(13-9-10-17(22)18(23)11-13)15-7-5-8-16-19(15)21(26)24(12(2)3)20(16)25/h4-5,7-12,14,21,26H,1,6H2,2-3H3. The van der Waals surface area contributed by atoms with E-state index in [1.54, 1.807) is 12.1 Å². The van der Waals surface area contributed by atoms with Gasteiger partial charge in [0.25, 0.3) is 5.91 Å². The van der Waals surface area contributed by atoms with Crippen LogP contribution >= 0.6 is 23.2 Å². The Kier molecular flexibility index (Phi) is 5.42. The quantitative estimate of drug-likeness (QED) is 0.680. The molecule has 1 amide bonds. The molecule has 0 aromatic heterocycles. The number of benzene rings is 2. The van der Waals surface area contributed by atoms with E-state index in [0.717, 1.165) is 11.1 Å². The first-order chi connectivity index (χ1) is 12.4. The number of hydrogen-bond donors (Lipinski definition) is 1. The highest BCUT2D eigenvalue weighted by molar-refractivity contribution is 6.42. The minimum absolute atomic E-state index is 0.0771. The van der Waals surface area contributed by atoms with Crippen LogP contribution in [-0.4, -0.2) is 22.0 Å². The Balaban J connectivity index is 2.15. The molecule has 2 aromatic carbocycles. The Morgan fingerprint density at radius 1 is 1.23 bits per heavy atom. The molecule has 26 heavy (non-hydrogen) atoms. The molecule has 2 atom stereocenters. The second-order valence-corrected chi connectivity index (χ2v) is 7.55. The number of allylic oxidation sites excluding steroid dienone is 1. The predicted octanol–water partition coefficient (Wildman–Crippen LogP) is 5.56. The molecule has 0 aliphatic carbocycles. The van der Waals surface area contributed by atoms with E-state index in [1.807, 2.05) is 44.2 Å². The maximum Gasteiger partial charge on any atom is 0.256 e. The van der Waals surface area contributed by atoms with Crippen LogP contribution in [0.5, 0.6) is 0 Å². The van der Waals surface area contributed by atoms with Crippen LogP contribution in [0, 0.1) is 0 Å². The number of fused-ring (bicyclic) bond motifs is 1. The van der Waals surface area contributed by atoms with Crippen molar-refractivity contribution in [2.75, 3.05) is 0 Å². The molecule has 1 N–H and O–H groups in total. The summed E-state index contributed by atoms with van der Waals surface area (Å²) in [4.78, 5) is 14.2. The Morgan fingerprint density at radius 2 is 1.96 bits per heavy atom. The third-order valence-corrected chi connectivity index (χ3v) is 5.55. The molecular weight excluding hydrogens is 369 g/mol. The number of aliphatic hydroxyl groups excluding tert-OH is 1. The number of carbonyl (C=O) groups is 1. The van der Waals surface area contributed by atoms with E-state index in [1.165, 1.54) is 4.90 Å². The Hall–Kier alpha value is -1.81. The molecule has 136 valence electrons. The Labute approximate surface area is 163 Å². The average Bonchev–Trinajstić information content (AvgIpc) is 2.86. The SMILES string of the molecule is C=CCC(c1ccc(Cl)c(Cl)c1)c1cccc2c1C(O)N(C(C)C)C2=O. The summed E-state index contributed by atoms with van der Waals surface area (Å²) in [5.74, 6) is -0.220. The lowest BCUT2D eigenvalue weighted by molar-refractivity contribution is 0.00330. The molecule has 1 heterocycles. The monoisotopic (exact) mass is 389 g/mol. The van der Waals surface area contributed by atoms with Gasteiger partial charge in [-0.3, -0.25) is 4.79 Å². The van der Waals surface area contributed by atoms with Crippen molar-refractivity contribution in [2.24, 2.45) is 0 Å². The van der Waals surface area contributed by atoms with Gasteiger partial charge in [-0.1, -0.05) is 47.5 Å². The van der Waals surface area contributed by atoms with Crippen LogP contribution in [0.15, 0.2) is 49.1 Å². The van der Waals surface area contributed by atoms with Crippen LogP contribution < -0.4 is 0 Å². The maximum absolute atomic E-state index is 12.7. The summed E-state index contributed by atoms with van der Waals surface area (Å²) >= 11 is 12.3. The van der Waals surface area contributed by atoms with Crippen molar-refractivity contribution in [2.45, 2.75) is 38.5 Å². The molecule has 1 aliphatic heterocycles. The number of rotatable bonds is 5. The summed E-state index contributed by atoms with van der Waals surface area (Å²) in [6, 6.07) is 11.0. The molecule has 2 unspecified atom stereocenters. The average molecular weight is 390 g/mol. The molecule has 0 spiro atoms. The molecule has 0 saturated heterocycles. The molecule has 0 radical (unpaired) electrons. The number of aliphatic hydroxyl groups is 1. The fourth-order valence-electron chi connectivity index (χ4n) is 3.61. The molecule has 0 bridgehead atoms. The molecule has 0 fully saturated rings. The summed E-state index contributed by atoms with van der Waals surface area (Å²) in [5, 5.41) is 11.8. The highest BCUT2D eigenvalue weighted by Crippen LogP contribution is 2.42. The van der Waals surface area contributed by atoms with Crippen LogP contribution in [0.4, 0.5) is 0 Å². The van der Waals surface area contributed by atoms with Crippen LogP contribution in [0.3, 0.4) is 0 Å². The summed E-state index contributed by atoms with van der Waals surface area (Å²) in [6.07, 6.45) is 1.52. The number of hydrogen-bond acceptors (Lipinski definition) is 2. The number of halogens is 2. The van der Waals surface area contributed by atoms with Crippen molar-refractivity contribution in [3.63, 3.8) is 0 Å². The van der Waals surface area contributed by atoms with Gasteiger partial charge in [0.1, 0.15) is 0 Å². The van der Waals surface area contributed by atoms with E-state index in [4.69, 9.17) is 23.2 Å². The highest BCUT2D eigenvalue weighted by atomic mass is 35.5. The molecule has 5 heteroatoms. The smallest absolute Gasteiger partial charge is 0.256 e. The zero-order valence-corrected chi connectivity index (χ0v) is 16.3. The van der Waals surface area contributed by atoms with Crippen LogP contribution in [0.25, 0.3) is 0 Å². The van der Waals surface area contributed by atoms with Crippen molar-refractivity contribution >= 4 is 29.1 Å². The third kappa shape index (κ3) is 3.16. The van der Waals surface area contributed by atoms with Crippen LogP contribution in [-0.2, 0) is 0 Å². The van der Waals surface area contributed by atoms with Gasteiger partial charge in [0.05, 0.1) is 10.0 Å². The first-order valence-electron chi connectivity index (χ1n) is 8.56. The van der Waals surface area contributed by atoms with Crippen LogP contribution in [0.1, 0.15) is 59.5 Å². The fourth-order valence-corrected chi connectivity index (χ4v) is 3.91. The van der Waals surface area contributed by atoms with Gasteiger partial charge >= 0.3 is 0 Å². The fraction of sp³-hybridized carbons (Fsp3) is 0.286. The van der Waals surface area contributed by atoms with Crippen LogP contribution in [0.2, 0.25) is 10.0 Å². The van der Waals surface area contributed by atoms with Gasteiger partial charge in [-0.25, -0.2) is 0 Å². The number of amides is 1. The van der Waals surface area contributed by atoms with Gasteiger partial charge in [0.15, 0.2) is 6.23 Å². The lowest BCUT2D eigenvalue weighted by Gasteiger charge is -2.27. The second-order valence-electron chi connectivity index (χ2n) is 6.74. The molecule has 2 aromatic rings. The summed E-state index contributed by atoms with van der Waals surface area (Å²) in [7, 11) is 0. The molecule has 3 rings (SSSR count). The van der Waals surface area contributed by atoms with Gasteiger partial charge < -0.3 is 10.0 Å². The topological polar surface area (TPSA) is 40.5 Å². The maximum atomic E-state index is 12.7. The Morgan fingerprint density at radius 3 is 2.58 bits per heavy atom. The number of carbonyl (C=O) groups excluding carboxylic acids is 1. The van der Waals surface area contributed by atoms with Gasteiger partial charge in [0.2, 0.25) is 0 Å². The van der Waals surface area contributed by atoms with E-state index in [9.17, 15) is 9.90 Å².